The smallest absolute Gasteiger partial charge is 0.410 e. The van der Waals surface area contributed by atoms with Gasteiger partial charge in [-0.3, -0.25) is 4.79 Å². The molecule has 234 valence electrons. The first kappa shape index (κ1) is 33.6. The van der Waals surface area contributed by atoms with Crippen LogP contribution in [0.1, 0.15) is 24.0 Å². The number of ether oxygens (including phenoxy) is 1. The molecule has 45 heavy (non-hydrogen) atoms. The monoisotopic (exact) mass is 740 g/mol. The molecule has 12 nitrogen and oxygen atoms in total. The number of benzene rings is 2. The average Bonchev–Trinajstić information content (AvgIpc) is 3.20. The zero-order valence-electron chi connectivity index (χ0n) is 24.1. The maximum Gasteiger partial charge on any atom is 0.410 e. The number of amides is 4. The molecule has 2 heterocycles. The quantitative estimate of drug-likeness (QED) is 0.271. The van der Waals surface area contributed by atoms with Gasteiger partial charge in [-0.25, -0.2) is 14.6 Å². The van der Waals surface area contributed by atoms with Gasteiger partial charge in [-0.15, -0.1) is 0 Å². The van der Waals surface area contributed by atoms with Crippen LogP contribution in [0.4, 0.5) is 15.3 Å². The molecule has 0 aromatic heterocycles. The number of piperidine rings is 1. The molecule has 4 amide bonds. The molecular weight excluding hydrogens is 712 g/mol. The van der Waals surface area contributed by atoms with E-state index >= 15 is 0 Å². The Kier molecular flexibility index (Phi) is 12.5. The number of hydrogen-bond acceptors (Lipinski definition) is 8. The molecular formula is C31H30Br2N6O6. The Balaban J connectivity index is 1.42. The van der Waals surface area contributed by atoms with Crippen molar-refractivity contribution in [2.24, 2.45) is 15.0 Å². The van der Waals surface area contributed by atoms with E-state index in [4.69, 9.17) is 9.84 Å². The summed E-state index contributed by atoms with van der Waals surface area (Å²) < 4.78 is 6.45. The van der Waals surface area contributed by atoms with E-state index in [-0.39, 0.29) is 37.4 Å². The van der Waals surface area contributed by atoms with Crippen molar-refractivity contribution in [3.8, 4) is 5.75 Å². The number of anilines is 1. The van der Waals surface area contributed by atoms with Gasteiger partial charge in [-0.2, -0.15) is 9.98 Å². The summed E-state index contributed by atoms with van der Waals surface area (Å²) in [6, 6.07) is 10.7. The van der Waals surface area contributed by atoms with E-state index in [1.54, 1.807) is 12.1 Å². The molecule has 14 heteroatoms. The third kappa shape index (κ3) is 9.62. The maximum absolute atomic E-state index is 13.2. The van der Waals surface area contributed by atoms with Crippen molar-refractivity contribution in [3.05, 3.63) is 68.4 Å². The fourth-order valence-electron chi connectivity index (χ4n) is 4.85. The van der Waals surface area contributed by atoms with Crippen molar-refractivity contribution >= 4 is 73.2 Å². The largest absolute Gasteiger partial charge is 0.506 e. The second-order valence-electron chi connectivity index (χ2n) is 10.0. The van der Waals surface area contributed by atoms with Gasteiger partial charge in [-0.1, -0.05) is 18.2 Å². The molecule has 2 aromatic rings. The van der Waals surface area contributed by atoms with E-state index < -0.39 is 18.1 Å². The topological polar surface area (TPSA) is 156 Å². The van der Waals surface area contributed by atoms with E-state index in [1.165, 1.54) is 11.1 Å². The number of likely N-dealkylation sites (tertiary alicyclic amines) is 1. The summed E-state index contributed by atoms with van der Waals surface area (Å²) in [7, 11) is 0. The highest BCUT2D eigenvalue weighted by Gasteiger charge is 2.33. The third-order valence-corrected chi connectivity index (χ3v) is 8.30. The minimum absolute atomic E-state index is 0.0101. The third-order valence-electron chi connectivity index (χ3n) is 7.09. The summed E-state index contributed by atoms with van der Waals surface area (Å²) in [6.45, 7) is 1.34. The van der Waals surface area contributed by atoms with Crippen molar-refractivity contribution in [2.45, 2.75) is 37.8 Å². The molecule has 0 unspecified atom stereocenters. The number of phenolic OH excluding ortho intramolecular Hbond substituents is 1. The van der Waals surface area contributed by atoms with Gasteiger partial charge >= 0.3 is 12.1 Å². The SMILES string of the molecule is O=C(N=C=C=NC=C=C=NCCO)[C@@H](Cc1cc(Br)c(O)c(Br)c1)OC(=O)N1CCC(N2CCc3ccccc3NC2=O)CC1. The van der Waals surface area contributed by atoms with Crippen molar-refractivity contribution in [1.29, 1.82) is 0 Å². The van der Waals surface area contributed by atoms with Gasteiger partial charge in [0.1, 0.15) is 5.75 Å². The lowest BCUT2D eigenvalue weighted by molar-refractivity contribution is -0.126. The highest BCUT2D eigenvalue weighted by Crippen LogP contribution is 2.34. The Hall–Kier alpha value is -4.24. The number of halogens is 2. The van der Waals surface area contributed by atoms with Crippen LogP contribution in [0.15, 0.2) is 72.3 Å². The van der Waals surface area contributed by atoms with Crippen LogP contribution in [0.5, 0.6) is 5.75 Å². The molecule has 0 saturated carbocycles. The lowest BCUT2D eigenvalue weighted by Gasteiger charge is -2.37. The number of carbonyl (C=O) groups excluding carboxylic acids is 3. The van der Waals surface area contributed by atoms with Crippen molar-refractivity contribution in [1.82, 2.24) is 9.80 Å². The van der Waals surface area contributed by atoms with Gasteiger partial charge < -0.3 is 30.1 Å². The van der Waals surface area contributed by atoms with Crippen molar-refractivity contribution in [2.75, 3.05) is 38.1 Å². The number of phenols is 1. The second-order valence-corrected chi connectivity index (χ2v) is 11.7. The van der Waals surface area contributed by atoms with E-state index in [9.17, 15) is 19.5 Å². The number of aromatic hydroxyl groups is 1. The van der Waals surface area contributed by atoms with Gasteiger partial charge in [0.25, 0.3) is 5.91 Å². The van der Waals surface area contributed by atoms with Gasteiger partial charge in [0.2, 0.25) is 0 Å². The van der Waals surface area contributed by atoms with E-state index in [0.717, 1.165) is 17.7 Å². The molecule has 2 aromatic carbocycles. The highest BCUT2D eigenvalue weighted by atomic mass is 79.9. The Morgan fingerprint density at radius 1 is 1.11 bits per heavy atom. The summed E-state index contributed by atoms with van der Waals surface area (Å²) >= 11 is 6.55. The van der Waals surface area contributed by atoms with Gasteiger partial charge in [0.05, 0.1) is 40.0 Å². The zero-order valence-corrected chi connectivity index (χ0v) is 27.3. The fourth-order valence-corrected chi connectivity index (χ4v) is 6.13. The molecule has 2 aliphatic rings. The minimum Gasteiger partial charge on any atom is -0.506 e. The summed E-state index contributed by atoms with van der Waals surface area (Å²) in [5.41, 5.74) is 4.98. The second kappa shape index (κ2) is 16.7. The van der Waals surface area contributed by atoms with Crippen molar-refractivity contribution in [3.63, 3.8) is 0 Å². The van der Waals surface area contributed by atoms with E-state index in [0.29, 0.717) is 47.0 Å². The Morgan fingerprint density at radius 3 is 2.58 bits per heavy atom. The average molecular weight is 742 g/mol. The first-order valence-electron chi connectivity index (χ1n) is 14.1. The number of carbonyl (C=O) groups is 3. The zero-order chi connectivity index (χ0) is 32.2. The number of fused-ring (bicyclic) bond motifs is 1. The van der Waals surface area contributed by atoms with Gasteiger partial charge in [0, 0.05) is 43.7 Å². The van der Waals surface area contributed by atoms with Crippen LogP contribution >= 0.6 is 31.9 Å². The molecule has 0 spiro atoms. The number of nitrogens with zero attached hydrogens (tertiary/aromatic N) is 5. The normalized spacial score (nSPS) is 15.0. The number of para-hydroxylation sites is 1. The fraction of sp³-hybridized carbons (Fsp3) is 0.355. The minimum atomic E-state index is -1.30. The molecule has 0 radical (unpaired) electrons. The Morgan fingerprint density at radius 2 is 1.84 bits per heavy atom. The number of nitrogens with one attached hydrogen (secondary N) is 1. The number of aliphatic hydroxyl groups excluding tert-OH is 1. The highest BCUT2D eigenvalue weighted by molar-refractivity contribution is 9.11. The number of hydrogen-bond donors (Lipinski definition) is 3. The van der Waals surface area contributed by atoms with Crippen LogP contribution in [0, 0.1) is 0 Å². The standard InChI is InChI=1S/C31H30Br2N6O6/c32-24-18-21(19-25(33)28(24)41)20-27(29(42)36-12-11-34-9-3-10-35-13-17-40)45-31(44)38-14-7-23(8-15-38)39-16-6-22-4-1-2-5-26(22)37-30(39)43/h1-2,4-5,9,18-19,23,27,40-41H,6-8,13-17,20H2,(H,37,43)/t27-/m1/s1. The number of aliphatic imine (C=N–C) groups is 3. The van der Waals surface area contributed by atoms with Crippen LogP contribution in [-0.2, 0) is 22.4 Å². The lowest BCUT2D eigenvalue weighted by atomic mass is 10.0. The summed E-state index contributed by atoms with van der Waals surface area (Å²) in [5, 5.41) is 21.7. The van der Waals surface area contributed by atoms with E-state index in [1.807, 2.05) is 29.2 Å². The Bertz CT molecular complexity index is 1610. The van der Waals surface area contributed by atoms with Crippen LogP contribution in [0.2, 0.25) is 0 Å². The molecule has 2 aliphatic heterocycles. The lowest BCUT2D eigenvalue weighted by Crippen LogP contribution is -2.50. The van der Waals surface area contributed by atoms with Crippen LogP contribution in [-0.4, -0.2) is 101 Å². The van der Waals surface area contributed by atoms with Crippen LogP contribution in [0.3, 0.4) is 0 Å². The van der Waals surface area contributed by atoms with Crippen LogP contribution in [0.25, 0.3) is 0 Å². The van der Waals surface area contributed by atoms with E-state index in [2.05, 4.69) is 75.5 Å². The van der Waals surface area contributed by atoms with Crippen LogP contribution < -0.4 is 5.32 Å². The summed E-state index contributed by atoms with van der Waals surface area (Å²) in [4.78, 5) is 53.6. The predicted molar refractivity (Wildman–Crippen MR) is 175 cm³/mol. The summed E-state index contributed by atoms with van der Waals surface area (Å²) in [6.07, 6.45) is 1.01. The molecule has 0 bridgehead atoms. The van der Waals surface area contributed by atoms with Gasteiger partial charge in [0.15, 0.2) is 6.10 Å². The molecule has 1 atom stereocenters. The number of urea groups is 1. The van der Waals surface area contributed by atoms with Gasteiger partial charge in [-0.05, 0) is 86.2 Å². The Labute approximate surface area is 276 Å². The molecule has 0 aliphatic carbocycles. The maximum atomic E-state index is 13.2. The first-order chi connectivity index (χ1) is 21.8. The molecule has 1 saturated heterocycles. The molecule has 4 rings (SSSR count). The number of aliphatic hydroxyl groups is 1. The summed E-state index contributed by atoms with van der Waals surface area (Å²) in [5.74, 6) is 6.22. The number of rotatable bonds is 8. The molecule has 1 fully saturated rings. The van der Waals surface area contributed by atoms with Crippen molar-refractivity contribution < 1.29 is 29.3 Å². The molecule has 3 N–H and O–H groups in total. The predicted octanol–water partition coefficient (Wildman–Crippen LogP) is 4.27. The first-order valence-corrected chi connectivity index (χ1v) is 15.7.